The highest BCUT2D eigenvalue weighted by Gasteiger charge is 2.30. The van der Waals surface area contributed by atoms with Crippen molar-refractivity contribution in [3.05, 3.63) is 180 Å². The first-order valence-corrected chi connectivity index (χ1v) is 18.8. The summed E-state index contributed by atoms with van der Waals surface area (Å²) in [5.74, 6) is -2.69. The number of H-pyrrole nitrogens is 2. The van der Waals surface area contributed by atoms with E-state index in [1.807, 2.05) is 121 Å². The molecule has 0 saturated heterocycles. The van der Waals surface area contributed by atoms with Crippen LogP contribution in [0.3, 0.4) is 0 Å². The summed E-state index contributed by atoms with van der Waals surface area (Å²) in [6.45, 7) is 0. The lowest BCUT2D eigenvalue weighted by Gasteiger charge is -2.11. The lowest BCUT2D eigenvalue weighted by atomic mass is 9.91. The van der Waals surface area contributed by atoms with Crippen LogP contribution in [0.4, 0.5) is 0 Å². The van der Waals surface area contributed by atoms with Gasteiger partial charge in [-0.1, -0.05) is 121 Å². The Morgan fingerprint density at radius 3 is 1.03 bits per heavy atom. The highest BCUT2D eigenvalue weighted by molar-refractivity contribution is 6.10. The van der Waals surface area contributed by atoms with Crippen molar-refractivity contribution in [1.82, 2.24) is 19.9 Å². The molecule has 2 aliphatic heterocycles. The second kappa shape index (κ2) is 13.9. The van der Waals surface area contributed by atoms with Crippen molar-refractivity contribution in [2.45, 2.75) is 0 Å². The van der Waals surface area contributed by atoms with E-state index in [4.69, 9.17) is 9.97 Å². The first-order chi connectivity index (χ1) is 28.4. The van der Waals surface area contributed by atoms with Crippen LogP contribution in [0.15, 0.2) is 158 Å². The fourth-order valence-electron chi connectivity index (χ4n) is 8.11. The highest BCUT2D eigenvalue weighted by atomic mass is 16.4. The maximum absolute atomic E-state index is 12.7. The number of nitrogens with zero attached hydrogens (tertiary/aromatic N) is 2. The molecule has 0 amide bonds. The molecule has 0 unspecified atom stereocenters. The summed E-state index contributed by atoms with van der Waals surface area (Å²) in [5, 5.41) is 20.8. The molecule has 3 aromatic heterocycles. The Morgan fingerprint density at radius 1 is 0.397 bits per heavy atom. The average Bonchev–Trinajstić information content (AvgIpc) is 4.09. The molecule has 276 valence electrons. The topological polar surface area (TPSA) is 132 Å². The molecule has 2 aliphatic rings. The van der Waals surface area contributed by atoms with Gasteiger partial charge in [-0.05, 0) is 70.8 Å². The van der Waals surface area contributed by atoms with Gasteiger partial charge in [0.1, 0.15) is 0 Å². The lowest BCUT2D eigenvalue weighted by molar-refractivity contribution is 0.0651. The molecular formula is C50H32N4O4. The lowest BCUT2D eigenvalue weighted by Crippen LogP contribution is -2.08. The zero-order valence-electron chi connectivity index (χ0n) is 30.8. The molecule has 0 fully saturated rings. The van der Waals surface area contributed by atoms with Gasteiger partial charge in [0.25, 0.3) is 0 Å². The number of hydrogen-bond donors (Lipinski definition) is 4. The van der Waals surface area contributed by atoms with Gasteiger partial charge >= 0.3 is 11.9 Å². The van der Waals surface area contributed by atoms with Crippen molar-refractivity contribution >= 4 is 46.2 Å². The summed E-state index contributed by atoms with van der Waals surface area (Å²) >= 11 is 0. The van der Waals surface area contributed by atoms with E-state index in [0.717, 1.165) is 78.0 Å². The smallest absolute Gasteiger partial charge is 0.336 e. The summed E-state index contributed by atoms with van der Waals surface area (Å²) in [4.78, 5) is 43.7. The summed E-state index contributed by atoms with van der Waals surface area (Å²) in [6, 6.07) is 50.9. The number of benzene rings is 5. The van der Waals surface area contributed by atoms with Gasteiger partial charge in [0.2, 0.25) is 0 Å². The van der Waals surface area contributed by atoms with Crippen LogP contribution in [-0.4, -0.2) is 42.1 Å². The molecule has 0 radical (unpaired) electrons. The number of aromatic nitrogens is 4. The maximum Gasteiger partial charge on any atom is 0.336 e. The number of rotatable bonds is 6. The highest BCUT2D eigenvalue weighted by Crippen LogP contribution is 2.47. The van der Waals surface area contributed by atoms with Crippen molar-refractivity contribution in [2.24, 2.45) is 0 Å². The molecule has 4 N–H and O–H groups in total. The van der Waals surface area contributed by atoms with Crippen LogP contribution >= 0.6 is 0 Å². The molecule has 58 heavy (non-hydrogen) atoms. The van der Waals surface area contributed by atoms with Gasteiger partial charge in [0.05, 0.1) is 33.9 Å². The molecule has 10 rings (SSSR count). The predicted molar refractivity (Wildman–Crippen MR) is 230 cm³/mol. The van der Waals surface area contributed by atoms with Crippen LogP contribution in [0.25, 0.3) is 101 Å². The molecule has 8 aromatic rings. The zero-order chi connectivity index (χ0) is 39.3. The molecule has 0 aliphatic carbocycles. The summed E-state index contributed by atoms with van der Waals surface area (Å²) in [5.41, 5.74) is 12.9. The third-order valence-corrected chi connectivity index (χ3v) is 10.7. The SMILES string of the molecule is O=C(O)c1cc2c(cc1C(=O)O)-c1nc-2c(-c2ccccc2)c2ccc([nH]2)c(-c2ccccc2)c2nc(c(-c3ccccc3)c3ccc([nH]3)c1-c1ccccc1)C=C2. The third kappa shape index (κ3) is 5.79. The van der Waals surface area contributed by atoms with Crippen molar-refractivity contribution in [2.75, 3.05) is 0 Å². The quantitative estimate of drug-likeness (QED) is 0.134. The van der Waals surface area contributed by atoms with Crippen molar-refractivity contribution < 1.29 is 19.8 Å². The fraction of sp³-hybridized carbons (Fsp3) is 0. The van der Waals surface area contributed by atoms with E-state index in [1.165, 1.54) is 12.1 Å². The molecule has 0 spiro atoms. The van der Waals surface area contributed by atoms with E-state index in [2.05, 4.69) is 46.4 Å². The Bertz CT molecular complexity index is 2940. The van der Waals surface area contributed by atoms with Crippen molar-refractivity contribution in [3.8, 4) is 67.0 Å². The second-order valence-corrected chi connectivity index (χ2v) is 14.1. The van der Waals surface area contributed by atoms with Crippen LogP contribution in [0.2, 0.25) is 0 Å². The molecule has 5 heterocycles. The molecule has 8 heteroatoms. The fourth-order valence-corrected chi connectivity index (χ4v) is 8.11. The maximum atomic E-state index is 12.7. The molecular weight excluding hydrogens is 721 g/mol. The number of hydrogen-bond acceptors (Lipinski definition) is 4. The van der Waals surface area contributed by atoms with Gasteiger partial charge in [-0.15, -0.1) is 0 Å². The minimum atomic E-state index is -1.34. The number of aromatic carboxylic acids is 2. The largest absolute Gasteiger partial charge is 0.478 e. The Labute approximate surface area is 332 Å². The van der Waals surface area contributed by atoms with Crippen LogP contribution < -0.4 is 0 Å². The van der Waals surface area contributed by atoms with E-state index in [0.29, 0.717) is 22.5 Å². The van der Waals surface area contributed by atoms with E-state index in [-0.39, 0.29) is 11.1 Å². The van der Waals surface area contributed by atoms with Crippen molar-refractivity contribution in [3.63, 3.8) is 0 Å². The normalized spacial score (nSPS) is 11.7. The Kier molecular flexibility index (Phi) is 8.23. The van der Waals surface area contributed by atoms with Gasteiger partial charge < -0.3 is 20.2 Å². The van der Waals surface area contributed by atoms with Crippen LogP contribution in [0.1, 0.15) is 32.1 Å². The van der Waals surface area contributed by atoms with E-state index >= 15 is 0 Å². The van der Waals surface area contributed by atoms with E-state index in [1.54, 1.807) is 0 Å². The summed E-state index contributed by atoms with van der Waals surface area (Å²) in [6.07, 6.45) is 4.11. The van der Waals surface area contributed by atoms with Gasteiger partial charge in [-0.25, -0.2) is 19.6 Å². The molecule has 0 saturated carbocycles. The number of carboxylic acid groups (broad SMARTS) is 2. The predicted octanol–water partition coefficient (Wildman–Crippen LogP) is 11.9. The third-order valence-electron chi connectivity index (χ3n) is 10.7. The van der Waals surface area contributed by atoms with E-state index in [9.17, 15) is 19.8 Å². The Hall–Kier alpha value is -8.10. The Morgan fingerprint density at radius 2 is 0.707 bits per heavy atom. The minimum Gasteiger partial charge on any atom is -0.478 e. The van der Waals surface area contributed by atoms with Gasteiger partial charge in [0.15, 0.2) is 0 Å². The van der Waals surface area contributed by atoms with Crippen LogP contribution in [0.5, 0.6) is 0 Å². The first kappa shape index (κ1) is 34.4. The van der Waals surface area contributed by atoms with E-state index < -0.39 is 11.9 Å². The van der Waals surface area contributed by atoms with Gasteiger partial charge in [-0.2, -0.15) is 0 Å². The Balaban J connectivity index is 1.47. The number of carbonyl (C=O) groups is 2. The summed E-state index contributed by atoms with van der Waals surface area (Å²) in [7, 11) is 0. The summed E-state index contributed by atoms with van der Waals surface area (Å²) < 4.78 is 0. The number of fused-ring (bicyclic) bond motifs is 11. The number of carboxylic acids is 2. The van der Waals surface area contributed by atoms with Crippen LogP contribution in [0, 0.1) is 0 Å². The monoisotopic (exact) mass is 752 g/mol. The van der Waals surface area contributed by atoms with Gasteiger partial charge in [0, 0.05) is 55.4 Å². The standard InChI is InChI=1S/C50H32N4O4/c55-49(56)35-27-33-34(28-36(35)50(57)58)48-46(32-19-11-4-12-20-32)42-26-24-40(53-42)44(30-15-7-2-8-16-30)38-22-21-37(51-38)43(29-13-5-1-6-14-29)39-23-25-41(52-39)45(47(33)54-48)31-17-9-3-10-18-31/h1-28,52-53H,(H,55,56)(H,57,58). The number of nitrogens with one attached hydrogen (secondary N) is 2. The molecule has 8 bridgehead atoms. The molecule has 8 nitrogen and oxygen atoms in total. The minimum absolute atomic E-state index is 0.325. The zero-order valence-corrected chi connectivity index (χ0v) is 30.8. The second-order valence-electron chi connectivity index (χ2n) is 14.1. The molecule has 5 aromatic carbocycles. The average molecular weight is 753 g/mol. The van der Waals surface area contributed by atoms with Crippen molar-refractivity contribution in [1.29, 1.82) is 0 Å². The first-order valence-electron chi connectivity index (χ1n) is 18.8. The molecule has 0 atom stereocenters. The van der Waals surface area contributed by atoms with Gasteiger partial charge in [-0.3, -0.25) is 0 Å². The van der Waals surface area contributed by atoms with Crippen LogP contribution in [-0.2, 0) is 0 Å². The number of aromatic amines is 2.